The zero-order chi connectivity index (χ0) is 12.1. The second-order valence-corrected chi connectivity index (χ2v) is 7.18. The normalized spacial score (nSPS) is 21.0. The van der Waals surface area contributed by atoms with Gasteiger partial charge in [0.25, 0.3) is 0 Å². The number of alkyl halides is 1. The Morgan fingerprint density at radius 2 is 1.82 bits per heavy atom. The van der Waals surface area contributed by atoms with Crippen LogP contribution in [0.15, 0.2) is 35.2 Å². The smallest absolute Gasteiger partial charge is 0.114 e. The SMILES string of the molecule is O=S(c1ccccc1)C(Cl)CC1CCCCC1. The van der Waals surface area contributed by atoms with E-state index in [0.29, 0.717) is 5.92 Å². The lowest BCUT2D eigenvalue weighted by molar-refractivity contribution is 0.346. The fourth-order valence-electron chi connectivity index (χ4n) is 2.47. The van der Waals surface area contributed by atoms with Crippen LogP contribution in [0.2, 0.25) is 0 Å². The minimum absolute atomic E-state index is 0.236. The second kappa shape index (κ2) is 6.55. The van der Waals surface area contributed by atoms with Crippen molar-refractivity contribution in [2.75, 3.05) is 0 Å². The van der Waals surface area contributed by atoms with E-state index in [4.69, 9.17) is 11.6 Å². The van der Waals surface area contributed by atoms with Gasteiger partial charge < -0.3 is 0 Å². The van der Waals surface area contributed by atoms with Crippen LogP contribution in [-0.4, -0.2) is 8.92 Å². The quantitative estimate of drug-likeness (QED) is 0.745. The highest BCUT2D eigenvalue weighted by atomic mass is 35.5. The largest absolute Gasteiger partial charge is 0.253 e. The van der Waals surface area contributed by atoms with Gasteiger partial charge in [-0.1, -0.05) is 50.3 Å². The van der Waals surface area contributed by atoms with Crippen LogP contribution in [0.5, 0.6) is 0 Å². The van der Waals surface area contributed by atoms with Crippen LogP contribution in [0.4, 0.5) is 0 Å². The van der Waals surface area contributed by atoms with Gasteiger partial charge >= 0.3 is 0 Å². The van der Waals surface area contributed by atoms with E-state index < -0.39 is 10.8 Å². The van der Waals surface area contributed by atoms with Crippen molar-refractivity contribution in [2.24, 2.45) is 5.92 Å². The maximum absolute atomic E-state index is 12.2. The molecule has 2 atom stereocenters. The predicted octanol–water partition coefficient (Wildman–Crippen LogP) is 4.33. The van der Waals surface area contributed by atoms with E-state index in [1.807, 2.05) is 30.3 Å². The van der Waals surface area contributed by atoms with Crippen LogP contribution in [0.1, 0.15) is 38.5 Å². The lowest BCUT2D eigenvalue weighted by Crippen LogP contribution is -2.16. The Morgan fingerprint density at radius 3 is 2.47 bits per heavy atom. The highest BCUT2D eigenvalue weighted by molar-refractivity contribution is 7.87. The Labute approximate surface area is 111 Å². The first-order chi connectivity index (χ1) is 8.27. The molecule has 1 nitrogen and oxygen atoms in total. The fraction of sp³-hybridized carbons (Fsp3) is 0.571. The molecule has 0 amide bonds. The van der Waals surface area contributed by atoms with E-state index in [1.165, 1.54) is 32.1 Å². The summed E-state index contributed by atoms with van der Waals surface area (Å²) in [7, 11) is -1.06. The number of benzene rings is 1. The summed E-state index contributed by atoms with van der Waals surface area (Å²) in [6.45, 7) is 0. The van der Waals surface area contributed by atoms with Crippen molar-refractivity contribution >= 4 is 22.4 Å². The Hall–Kier alpha value is -0.340. The third kappa shape index (κ3) is 3.82. The van der Waals surface area contributed by atoms with Crippen molar-refractivity contribution in [3.05, 3.63) is 30.3 Å². The van der Waals surface area contributed by atoms with Gasteiger partial charge in [-0.25, -0.2) is 0 Å². The van der Waals surface area contributed by atoms with Gasteiger partial charge in [-0.05, 0) is 24.5 Å². The van der Waals surface area contributed by atoms with Gasteiger partial charge in [0.15, 0.2) is 0 Å². The van der Waals surface area contributed by atoms with Crippen molar-refractivity contribution in [2.45, 2.75) is 48.1 Å². The maximum atomic E-state index is 12.2. The van der Waals surface area contributed by atoms with Crippen LogP contribution < -0.4 is 0 Å². The van der Waals surface area contributed by atoms with Crippen molar-refractivity contribution < 1.29 is 4.21 Å². The first-order valence-electron chi connectivity index (χ1n) is 6.37. The standard InChI is InChI=1S/C14H19ClOS/c15-14(11-12-7-3-1-4-8-12)17(16)13-9-5-2-6-10-13/h2,5-6,9-10,12,14H,1,3-4,7-8,11H2. The fourth-order valence-corrected chi connectivity index (χ4v) is 4.20. The molecule has 0 aliphatic heterocycles. The number of rotatable bonds is 4. The van der Waals surface area contributed by atoms with E-state index >= 15 is 0 Å². The molecule has 3 heteroatoms. The molecular weight excluding hydrogens is 252 g/mol. The minimum Gasteiger partial charge on any atom is -0.253 e. The topological polar surface area (TPSA) is 17.1 Å². The first kappa shape index (κ1) is 13.1. The van der Waals surface area contributed by atoms with E-state index in [1.54, 1.807) is 0 Å². The number of hydrogen-bond acceptors (Lipinski definition) is 1. The molecule has 0 bridgehead atoms. The Bertz CT molecular complexity index is 360. The summed E-state index contributed by atoms with van der Waals surface area (Å²) >= 11 is 6.30. The van der Waals surface area contributed by atoms with E-state index in [2.05, 4.69) is 0 Å². The van der Waals surface area contributed by atoms with Gasteiger partial charge in [0.05, 0.1) is 10.8 Å². The Balaban J connectivity index is 1.91. The molecule has 2 rings (SSSR count). The molecule has 0 heterocycles. The highest BCUT2D eigenvalue weighted by Gasteiger charge is 2.22. The lowest BCUT2D eigenvalue weighted by atomic mass is 9.87. The van der Waals surface area contributed by atoms with Crippen LogP contribution >= 0.6 is 11.6 Å². The number of hydrogen-bond donors (Lipinski definition) is 0. The van der Waals surface area contributed by atoms with Gasteiger partial charge in [0.2, 0.25) is 0 Å². The van der Waals surface area contributed by atoms with Gasteiger partial charge in [0.1, 0.15) is 4.71 Å². The third-order valence-electron chi connectivity index (χ3n) is 3.45. The molecule has 0 aromatic heterocycles. The summed E-state index contributed by atoms with van der Waals surface area (Å²) in [4.78, 5) is 0.850. The molecular formula is C14H19ClOS. The molecule has 0 radical (unpaired) electrons. The zero-order valence-corrected chi connectivity index (χ0v) is 11.6. The predicted molar refractivity (Wildman–Crippen MR) is 73.7 cm³/mol. The maximum Gasteiger partial charge on any atom is 0.114 e. The molecule has 2 unspecified atom stereocenters. The zero-order valence-electron chi connectivity index (χ0n) is 9.98. The molecule has 1 aliphatic carbocycles. The molecule has 1 aromatic rings. The highest BCUT2D eigenvalue weighted by Crippen LogP contribution is 2.30. The number of halogens is 1. The van der Waals surface area contributed by atoms with Gasteiger partial charge in [-0.3, -0.25) is 4.21 Å². The Kier molecular flexibility index (Phi) is 5.05. The van der Waals surface area contributed by atoms with Crippen molar-refractivity contribution in [1.82, 2.24) is 0 Å². The third-order valence-corrected chi connectivity index (χ3v) is 5.51. The summed E-state index contributed by atoms with van der Waals surface area (Å²) in [5.41, 5.74) is 0. The summed E-state index contributed by atoms with van der Waals surface area (Å²) < 4.78 is 12.0. The van der Waals surface area contributed by atoms with Crippen LogP contribution in [0, 0.1) is 5.92 Å². The van der Waals surface area contributed by atoms with E-state index in [9.17, 15) is 4.21 Å². The van der Waals surface area contributed by atoms with Crippen LogP contribution in [0.3, 0.4) is 0 Å². The molecule has 17 heavy (non-hydrogen) atoms. The summed E-state index contributed by atoms with van der Waals surface area (Å²) in [6, 6.07) is 9.55. The molecule has 0 spiro atoms. The van der Waals surface area contributed by atoms with E-state index in [0.717, 1.165) is 11.3 Å². The van der Waals surface area contributed by atoms with Gasteiger partial charge in [-0.2, -0.15) is 0 Å². The lowest BCUT2D eigenvalue weighted by Gasteiger charge is -2.23. The van der Waals surface area contributed by atoms with E-state index in [-0.39, 0.29) is 4.71 Å². The Morgan fingerprint density at radius 1 is 1.18 bits per heavy atom. The minimum atomic E-state index is -1.06. The molecule has 1 aliphatic rings. The summed E-state index contributed by atoms with van der Waals surface area (Å²) in [5.74, 6) is 0.680. The second-order valence-electron chi connectivity index (χ2n) is 4.76. The summed E-state index contributed by atoms with van der Waals surface area (Å²) in [6.07, 6.45) is 7.39. The van der Waals surface area contributed by atoms with Crippen molar-refractivity contribution in [3.8, 4) is 0 Å². The van der Waals surface area contributed by atoms with Gasteiger partial charge in [0, 0.05) is 4.90 Å². The van der Waals surface area contributed by atoms with Crippen LogP contribution in [-0.2, 0) is 10.8 Å². The molecule has 0 N–H and O–H groups in total. The van der Waals surface area contributed by atoms with Gasteiger partial charge in [-0.15, -0.1) is 11.6 Å². The molecule has 0 saturated heterocycles. The molecule has 1 fully saturated rings. The molecule has 1 saturated carbocycles. The summed E-state index contributed by atoms with van der Waals surface area (Å²) in [5, 5.41) is 0. The average molecular weight is 271 g/mol. The van der Waals surface area contributed by atoms with Crippen molar-refractivity contribution in [3.63, 3.8) is 0 Å². The van der Waals surface area contributed by atoms with Crippen molar-refractivity contribution in [1.29, 1.82) is 0 Å². The first-order valence-corrected chi connectivity index (χ1v) is 8.02. The monoisotopic (exact) mass is 270 g/mol. The molecule has 1 aromatic carbocycles. The van der Waals surface area contributed by atoms with Crippen LogP contribution in [0.25, 0.3) is 0 Å². The average Bonchev–Trinajstić information content (AvgIpc) is 2.40. The molecule has 94 valence electrons.